The van der Waals surface area contributed by atoms with E-state index < -0.39 is 0 Å². The number of rotatable bonds is 1. The van der Waals surface area contributed by atoms with Crippen LogP contribution in [0.25, 0.3) is 21.9 Å². The highest BCUT2D eigenvalue weighted by molar-refractivity contribution is 5.94. The van der Waals surface area contributed by atoms with Crippen molar-refractivity contribution in [2.24, 2.45) is 0 Å². The van der Waals surface area contributed by atoms with Gasteiger partial charge >= 0.3 is 0 Å². The van der Waals surface area contributed by atoms with Gasteiger partial charge in [-0.15, -0.1) is 0 Å². The number of hydrogen-bond acceptors (Lipinski definition) is 2. The van der Waals surface area contributed by atoms with Crippen molar-refractivity contribution in [3.05, 3.63) is 66.5 Å². The molecule has 1 aromatic heterocycles. The summed E-state index contributed by atoms with van der Waals surface area (Å²) in [5, 5.41) is 11.5. The normalized spacial score (nSPS) is 10.2. The molecule has 0 radical (unpaired) electrons. The Morgan fingerprint density at radius 2 is 1.83 bits per heavy atom. The van der Waals surface area contributed by atoms with Gasteiger partial charge in [0.2, 0.25) is 0 Å². The number of hydrogen-bond donors (Lipinski definition) is 0. The molecule has 2 aromatic carbocycles. The molecule has 0 fully saturated rings. The number of nitrogens with zero attached hydrogens (tertiary/aromatic N) is 2. The molecule has 0 saturated carbocycles. The second kappa shape index (κ2) is 4.31. The first kappa shape index (κ1) is 10.5. The molecule has 2 nitrogen and oxygen atoms in total. The van der Waals surface area contributed by atoms with Gasteiger partial charge in [-0.3, -0.25) is 4.98 Å². The molecule has 1 heterocycles. The first-order valence-electron chi connectivity index (χ1n) is 5.72. The van der Waals surface area contributed by atoms with Crippen molar-refractivity contribution in [2.45, 2.75) is 0 Å². The highest BCUT2D eigenvalue weighted by Crippen LogP contribution is 2.29. The van der Waals surface area contributed by atoms with Gasteiger partial charge in [-0.2, -0.15) is 5.26 Å². The van der Waals surface area contributed by atoms with E-state index >= 15 is 0 Å². The topological polar surface area (TPSA) is 36.7 Å². The monoisotopic (exact) mass is 230 g/mol. The van der Waals surface area contributed by atoms with Gasteiger partial charge in [0.1, 0.15) is 6.07 Å². The molecule has 0 aliphatic heterocycles. The van der Waals surface area contributed by atoms with Crippen molar-refractivity contribution < 1.29 is 0 Å². The minimum atomic E-state index is 0.709. The minimum absolute atomic E-state index is 0.709. The van der Waals surface area contributed by atoms with E-state index in [2.05, 4.69) is 11.1 Å². The standard InChI is InChI=1S/C16H10N2/c17-10-16-14-6-2-1-4-12(14)7-8-15(16)13-5-3-9-18-11-13/h1-9,11H. The molecule has 0 spiro atoms. The van der Waals surface area contributed by atoms with Crippen LogP contribution in [-0.4, -0.2) is 4.98 Å². The van der Waals surface area contributed by atoms with Gasteiger partial charge < -0.3 is 0 Å². The summed E-state index contributed by atoms with van der Waals surface area (Å²) in [6.07, 6.45) is 3.52. The molecule has 0 bridgehead atoms. The summed E-state index contributed by atoms with van der Waals surface area (Å²) >= 11 is 0. The Bertz CT molecular complexity index is 740. The lowest BCUT2D eigenvalue weighted by molar-refractivity contribution is 1.33. The van der Waals surface area contributed by atoms with Crippen LogP contribution in [0.3, 0.4) is 0 Å². The smallest absolute Gasteiger partial charge is 0.100 e. The van der Waals surface area contributed by atoms with Crippen molar-refractivity contribution in [1.29, 1.82) is 5.26 Å². The van der Waals surface area contributed by atoms with Crippen LogP contribution in [0.1, 0.15) is 5.56 Å². The van der Waals surface area contributed by atoms with Gasteiger partial charge in [0.05, 0.1) is 5.56 Å². The fourth-order valence-electron chi connectivity index (χ4n) is 2.15. The molecule has 0 N–H and O–H groups in total. The predicted octanol–water partition coefficient (Wildman–Crippen LogP) is 3.77. The van der Waals surface area contributed by atoms with Crippen LogP contribution in [0.4, 0.5) is 0 Å². The maximum Gasteiger partial charge on any atom is 0.100 e. The molecule has 0 aliphatic rings. The maximum atomic E-state index is 9.41. The Balaban J connectivity index is 2.35. The maximum absolute atomic E-state index is 9.41. The summed E-state index contributed by atoms with van der Waals surface area (Å²) in [7, 11) is 0. The van der Waals surface area contributed by atoms with Gasteiger partial charge in [0, 0.05) is 28.9 Å². The summed E-state index contributed by atoms with van der Waals surface area (Å²) in [4.78, 5) is 4.11. The second-order valence-corrected chi connectivity index (χ2v) is 4.06. The summed E-state index contributed by atoms with van der Waals surface area (Å²) < 4.78 is 0. The highest BCUT2D eigenvalue weighted by Gasteiger charge is 2.08. The first-order chi connectivity index (χ1) is 8.90. The third-order valence-corrected chi connectivity index (χ3v) is 3.01. The number of pyridine rings is 1. The van der Waals surface area contributed by atoms with E-state index in [9.17, 15) is 5.26 Å². The zero-order valence-electron chi connectivity index (χ0n) is 9.67. The lowest BCUT2D eigenvalue weighted by Gasteiger charge is -2.07. The average molecular weight is 230 g/mol. The van der Waals surface area contributed by atoms with E-state index in [0.717, 1.165) is 21.9 Å². The Morgan fingerprint density at radius 1 is 0.944 bits per heavy atom. The summed E-state index contributed by atoms with van der Waals surface area (Å²) in [5.74, 6) is 0. The molecular formula is C16H10N2. The van der Waals surface area contributed by atoms with Gasteiger partial charge in [-0.1, -0.05) is 42.5 Å². The highest BCUT2D eigenvalue weighted by atomic mass is 14.6. The van der Waals surface area contributed by atoms with E-state index in [1.807, 2.05) is 48.5 Å². The Hall–Kier alpha value is -2.66. The number of benzene rings is 2. The van der Waals surface area contributed by atoms with Crippen LogP contribution < -0.4 is 0 Å². The van der Waals surface area contributed by atoms with Crippen LogP contribution in [0.2, 0.25) is 0 Å². The largest absolute Gasteiger partial charge is 0.264 e. The van der Waals surface area contributed by atoms with Crippen molar-refractivity contribution in [2.75, 3.05) is 0 Å². The van der Waals surface area contributed by atoms with Crippen LogP contribution >= 0.6 is 0 Å². The second-order valence-electron chi connectivity index (χ2n) is 4.06. The molecule has 0 aliphatic carbocycles. The molecular weight excluding hydrogens is 220 g/mol. The van der Waals surface area contributed by atoms with Gasteiger partial charge in [0.15, 0.2) is 0 Å². The fraction of sp³-hybridized carbons (Fsp3) is 0. The molecule has 0 unspecified atom stereocenters. The number of fused-ring (bicyclic) bond motifs is 1. The molecule has 0 amide bonds. The molecule has 0 saturated heterocycles. The van der Waals surface area contributed by atoms with Crippen LogP contribution in [0, 0.1) is 11.3 Å². The van der Waals surface area contributed by atoms with Crippen molar-refractivity contribution in [3.8, 4) is 17.2 Å². The number of nitriles is 1. The summed E-state index contributed by atoms with van der Waals surface area (Å²) in [6, 6.07) is 18.1. The van der Waals surface area contributed by atoms with E-state index in [-0.39, 0.29) is 0 Å². The average Bonchev–Trinajstić information content (AvgIpc) is 2.47. The molecule has 84 valence electrons. The van der Waals surface area contributed by atoms with Crippen LogP contribution in [0.5, 0.6) is 0 Å². The zero-order chi connectivity index (χ0) is 12.4. The summed E-state index contributed by atoms with van der Waals surface area (Å²) in [6.45, 7) is 0. The third kappa shape index (κ3) is 1.63. The zero-order valence-corrected chi connectivity index (χ0v) is 9.67. The van der Waals surface area contributed by atoms with E-state index in [4.69, 9.17) is 0 Å². The van der Waals surface area contributed by atoms with Crippen molar-refractivity contribution in [3.63, 3.8) is 0 Å². The lowest BCUT2D eigenvalue weighted by Crippen LogP contribution is -1.87. The van der Waals surface area contributed by atoms with Crippen molar-refractivity contribution in [1.82, 2.24) is 4.98 Å². The third-order valence-electron chi connectivity index (χ3n) is 3.01. The summed E-state index contributed by atoms with van der Waals surface area (Å²) in [5.41, 5.74) is 2.62. The van der Waals surface area contributed by atoms with E-state index in [1.54, 1.807) is 12.4 Å². The first-order valence-corrected chi connectivity index (χ1v) is 5.72. The fourth-order valence-corrected chi connectivity index (χ4v) is 2.15. The quantitative estimate of drug-likeness (QED) is 0.638. The van der Waals surface area contributed by atoms with Crippen molar-refractivity contribution >= 4 is 10.8 Å². The minimum Gasteiger partial charge on any atom is -0.264 e. The lowest BCUT2D eigenvalue weighted by atomic mass is 9.96. The molecule has 18 heavy (non-hydrogen) atoms. The van der Waals surface area contributed by atoms with Gasteiger partial charge in [-0.05, 0) is 11.5 Å². The van der Waals surface area contributed by atoms with Gasteiger partial charge in [-0.25, -0.2) is 0 Å². The number of aromatic nitrogens is 1. The Kier molecular flexibility index (Phi) is 2.51. The molecule has 0 atom stereocenters. The predicted molar refractivity (Wildman–Crippen MR) is 71.9 cm³/mol. The molecule has 3 aromatic rings. The van der Waals surface area contributed by atoms with Crippen LogP contribution in [-0.2, 0) is 0 Å². The SMILES string of the molecule is N#Cc1c(-c2cccnc2)ccc2ccccc12. The van der Waals surface area contributed by atoms with Crippen LogP contribution in [0.15, 0.2) is 60.9 Å². The molecule has 3 rings (SSSR count). The van der Waals surface area contributed by atoms with Gasteiger partial charge in [0.25, 0.3) is 0 Å². The van der Waals surface area contributed by atoms with E-state index in [0.29, 0.717) is 5.56 Å². The Morgan fingerprint density at radius 3 is 2.61 bits per heavy atom. The Labute approximate surface area is 105 Å². The molecule has 2 heteroatoms. The van der Waals surface area contributed by atoms with E-state index in [1.165, 1.54) is 0 Å².